The number of rotatable bonds is 4. The van der Waals surface area contributed by atoms with Gasteiger partial charge in [-0.15, -0.1) is 0 Å². The molecule has 0 unspecified atom stereocenters. The van der Waals surface area contributed by atoms with Crippen molar-refractivity contribution in [1.29, 1.82) is 0 Å². The first-order chi connectivity index (χ1) is 10.6. The molecule has 2 N–H and O–H groups in total. The van der Waals surface area contributed by atoms with Crippen molar-refractivity contribution in [3.63, 3.8) is 0 Å². The summed E-state index contributed by atoms with van der Waals surface area (Å²) in [6.07, 6.45) is 4.95. The van der Waals surface area contributed by atoms with Crippen molar-refractivity contribution in [3.05, 3.63) is 40.1 Å². The maximum atomic E-state index is 6.19. The van der Waals surface area contributed by atoms with Crippen LogP contribution in [0.15, 0.2) is 24.3 Å². The smallest absolute Gasteiger partial charge is 0.136 e. The predicted octanol–water partition coefficient (Wildman–Crippen LogP) is 5.19. The predicted molar refractivity (Wildman–Crippen MR) is 92.4 cm³/mol. The van der Waals surface area contributed by atoms with Crippen molar-refractivity contribution < 1.29 is 0 Å². The average molecular weight is 337 g/mol. The normalized spacial score (nSPS) is 15.0. The molecule has 1 aromatic carbocycles. The van der Waals surface area contributed by atoms with Crippen molar-refractivity contribution >= 4 is 40.5 Å². The van der Waals surface area contributed by atoms with Crippen molar-refractivity contribution in [2.75, 3.05) is 10.6 Å². The monoisotopic (exact) mass is 336 g/mol. The van der Waals surface area contributed by atoms with Crippen LogP contribution in [0.1, 0.15) is 31.5 Å². The van der Waals surface area contributed by atoms with E-state index in [0.717, 1.165) is 5.82 Å². The van der Waals surface area contributed by atoms with Gasteiger partial charge in [-0.05, 0) is 31.9 Å². The highest BCUT2D eigenvalue weighted by molar-refractivity contribution is 6.39. The minimum Gasteiger partial charge on any atom is -0.367 e. The van der Waals surface area contributed by atoms with E-state index in [1.165, 1.54) is 25.7 Å². The average Bonchev–Trinajstić information content (AvgIpc) is 2.95. The lowest BCUT2D eigenvalue weighted by molar-refractivity contribution is 0.748. The van der Waals surface area contributed by atoms with E-state index >= 15 is 0 Å². The van der Waals surface area contributed by atoms with Gasteiger partial charge in [-0.2, -0.15) is 0 Å². The molecule has 22 heavy (non-hydrogen) atoms. The van der Waals surface area contributed by atoms with Gasteiger partial charge in [0.15, 0.2) is 0 Å². The molecule has 0 bridgehead atoms. The lowest BCUT2D eigenvalue weighted by Crippen LogP contribution is -2.16. The molecule has 0 aliphatic heterocycles. The summed E-state index contributed by atoms with van der Waals surface area (Å²) in [5.41, 5.74) is 0.663. The van der Waals surface area contributed by atoms with Crippen molar-refractivity contribution in [2.24, 2.45) is 0 Å². The standard InChI is InChI=1S/C16H18Cl2N4/c1-10-19-14(21-11-5-2-3-6-11)9-15(20-10)22-16-12(17)7-4-8-13(16)18/h4,7-9,11H,2-3,5-6H2,1H3,(H2,19,20,21,22). The zero-order chi connectivity index (χ0) is 15.5. The van der Waals surface area contributed by atoms with Crippen LogP contribution in [0.5, 0.6) is 0 Å². The highest BCUT2D eigenvalue weighted by atomic mass is 35.5. The van der Waals surface area contributed by atoms with Crippen molar-refractivity contribution in [2.45, 2.75) is 38.6 Å². The molecular formula is C16H18Cl2N4. The molecular weight excluding hydrogens is 319 g/mol. The third-order valence-corrected chi connectivity index (χ3v) is 4.39. The Labute approximate surface area is 140 Å². The summed E-state index contributed by atoms with van der Waals surface area (Å²) in [6, 6.07) is 7.80. The number of nitrogens with zero attached hydrogens (tertiary/aromatic N) is 2. The van der Waals surface area contributed by atoms with Gasteiger partial charge in [-0.25, -0.2) is 9.97 Å². The van der Waals surface area contributed by atoms with E-state index < -0.39 is 0 Å². The highest BCUT2D eigenvalue weighted by Crippen LogP contribution is 2.32. The summed E-state index contributed by atoms with van der Waals surface area (Å²) >= 11 is 12.4. The molecule has 1 aliphatic rings. The van der Waals surface area contributed by atoms with Crippen LogP contribution in [0.25, 0.3) is 0 Å². The second-order valence-electron chi connectivity index (χ2n) is 5.53. The van der Waals surface area contributed by atoms with E-state index in [1.807, 2.05) is 19.1 Å². The number of hydrogen-bond donors (Lipinski definition) is 2. The molecule has 0 atom stereocenters. The summed E-state index contributed by atoms with van der Waals surface area (Å²) < 4.78 is 0. The third kappa shape index (κ3) is 3.62. The number of nitrogens with one attached hydrogen (secondary N) is 2. The SMILES string of the molecule is Cc1nc(Nc2c(Cl)cccc2Cl)cc(NC2CCCC2)n1. The Bertz CT molecular complexity index is 649. The van der Waals surface area contributed by atoms with E-state index in [4.69, 9.17) is 23.2 Å². The Morgan fingerprint density at radius 1 is 1.05 bits per heavy atom. The first kappa shape index (κ1) is 15.4. The van der Waals surface area contributed by atoms with Crippen molar-refractivity contribution in [1.82, 2.24) is 9.97 Å². The van der Waals surface area contributed by atoms with Crippen LogP contribution in [-0.4, -0.2) is 16.0 Å². The summed E-state index contributed by atoms with van der Waals surface area (Å²) in [7, 11) is 0. The molecule has 0 radical (unpaired) electrons. The van der Waals surface area contributed by atoms with Gasteiger partial charge in [-0.1, -0.05) is 42.1 Å². The van der Waals surface area contributed by atoms with Crippen LogP contribution < -0.4 is 10.6 Å². The fourth-order valence-corrected chi connectivity index (χ4v) is 3.22. The first-order valence-electron chi connectivity index (χ1n) is 7.45. The Morgan fingerprint density at radius 3 is 2.36 bits per heavy atom. The zero-order valence-corrected chi connectivity index (χ0v) is 13.9. The van der Waals surface area contributed by atoms with Gasteiger partial charge in [-0.3, -0.25) is 0 Å². The molecule has 1 aromatic heterocycles. The number of aromatic nitrogens is 2. The quantitative estimate of drug-likeness (QED) is 0.806. The summed E-state index contributed by atoms with van der Waals surface area (Å²) in [5, 5.41) is 7.80. The topological polar surface area (TPSA) is 49.8 Å². The fraction of sp³-hybridized carbons (Fsp3) is 0.375. The molecule has 4 nitrogen and oxygen atoms in total. The third-order valence-electron chi connectivity index (χ3n) is 3.76. The van der Waals surface area contributed by atoms with E-state index in [1.54, 1.807) is 12.1 Å². The molecule has 1 fully saturated rings. The van der Waals surface area contributed by atoms with Gasteiger partial charge >= 0.3 is 0 Å². The Balaban J connectivity index is 1.82. The molecule has 116 valence electrons. The van der Waals surface area contributed by atoms with Gasteiger partial charge < -0.3 is 10.6 Å². The number of benzene rings is 1. The molecule has 6 heteroatoms. The molecule has 3 rings (SSSR count). The molecule has 0 saturated heterocycles. The second kappa shape index (κ2) is 6.71. The van der Waals surface area contributed by atoms with Gasteiger partial charge in [0.05, 0.1) is 15.7 Å². The highest BCUT2D eigenvalue weighted by Gasteiger charge is 2.16. The zero-order valence-electron chi connectivity index (χ0n) is 12.4. The lowest BCUT2D eigenvalue weighted by Gasteiger charge is -2.15. The van der Waals surface area contributed by atoms with Gasteiger partial charge in [0.25, 0.3) is 0 Å². The van der Waals surface area contributed by atoms with Crippen LogP contribution in [0.4, 0.5) is 17.3 Å². The maximum Gasteiger partial charge on any atom is 0.136 e. The molecule has 2 aromatic rings. The van der Waals surface area contributed by atoms with Gasteiger partial charge in [0, 0.05) is 12.1 Å². The van der Waals surface area contributed by atoms with E-state index in [-0.39, 0.29) is 0 Å². The minimum absolute atomic E-state index is 0.506. The fourth-order valence-electron chi connectivity index (χ4n) is 2.73. The second-order valence-corrected chi connectivity index (χ2v) is 6.35. The van der Waals surface area contributed by atoms with Crippen LogP contribution in [0, 0.1) is 6.92 Å². The molecule has 0 spiro atoms. The van der Waals surface area contributed by atoms with Crippen molar-refractivity contribution in [3.8, 4) is 0 Å². The Morgan fingerprint density at radius 2 is 1.68 bits per heavy atom. The number of halogens is 2. The number of hydrogen-bond acceptors (Lipinski definition) is 4. The van der Waals surface area contributed by atoms with Crippen LogP contribution in [-0.2, 0) is 0 Å². The first-order valence-corrected chi connectivity index (χ1v) is 8.20. The lowest BCUT2D eigenvalue weighted by atomic mass is 10.2. The van der Waals surface area contributed by atoms with Crippen LogP contribution in [0.3, 0.4) is 0 Å². The summed E-state index contributed by atoms with van der Waals surface area (Å²) in [4.78, 5) is 8.86. The maximum absolute atomic E-state index is 6.19. The molecule has 1 heterocycles. The largest absolute Gasteiger partial charge is 0.367 e. The van der Waals surface area contributed by atoms with Gasteiger partial charge in [0.2, 0.25) is 0 Å². The Hall–Kier alpha value is -1.52. The van der Waals surface area contributed by atoms with E-state index in [9.17, 15) is 0 Å². The Kier molecular flexibility index (Phi) is 4.69. The van der Waals surface area contributed by atoms with Gasteiger partial charge in [0.1, 0.15) is 17.5 Å². The van der Waals surface area contributed by atoms with Crippen LogP contribution in [0.2, 0.25) is 10.0 Å². The van der Waals surface area contributed by atoms with E-state index in [2.05, 4.69) is 20.6 Å². The molecule has 1 aliphatic carbocycles. The number of aryl methyl sites for hydroxylation is 1. The molecule has 1 saturated carbocycles. The summed E-state index contributed by atoms with van der Waals surface area (Å²) in [6.45, 7) is 1.87. The summed E-state index contributed by atoms with van der Waals surface area (Å²) in [5.74, 6) is 2.22. The molecule has 0 amide bonds. The minimum atomic E-state index is 0.506. The van der Waals surface area contributed by atoms with Crippen LogP contribution >= 0.6 is 23.2 Å². The number of anilines is 3. The van der Waals surface area contributed by atoms with E-state index in [0.29, 0.717) is 33.4 Å². The number of para-hydroxylation sites is 1.